The number of hydrogen-bond acceptors (Lipinski definition) is 3. The van der Waals surface area contributed by atoms with Crippen molar-refractivity contribution in [3.63, 3.8) is 0 Å². The normalized spacial score (nSPS) is 16.3. The molecule has 1 fully saturated rings. The van der Waals surface area contributed by atoms with Crippen LogP contribution in [0.2, 0.25) is 0 Å². The van der Waals surface area contributed by atoms with Gasteiger partial charge in [-0.15, -0.1) is 0 Å². The number of ether oxygens (including phenoxy) is 2. The smallest absolute Gasteiger partial charge is 0.122 e. The van der Waals surface area contributed by atoms with E-state index in [1.165, 1.54) is 32.4 Å². The molecule has 1 heterocycles. The van der Waals surface area contributed by atoms with E-state index < -0.39 is 0 Å². The molecular weight excluding hydrogens is 238 g/mol. The lowest BCUT2D eigenvalue weighted by atomic mass is 10.1. The lowest BCUT2D eigenvalue weighted by Crippen LogP contribution is -2.31. The van der Waals surface area contributed by atoms with Gasteiger partial charge in [0, 0.05) is 12.6 Å². The minimum absolute atomic E-state index is 0.693. The molecule has 0 N–H and O–H groups in total. The van der Waals surface area contributed by atoms with E-state index in [0.717, 1.165) is 31.1 Å². The Labute approximate surface area is 116 Å². The van der Waals surface area contributed by atoms with Crippen molar-refractivity contribution in [1.29, 1.82) is 0 Å². The Bertz CT molecular complexity index is 362. The molecule has 0 unspecified atom stereocenters. The molecule has 1 saturated heterocycles. The van der Waals surface area contributed by atoms with Gasteiger partial charge in [0.05, 0.1) is 13.2 Å². The van der Waals surface area contributed by atoms with E-state index in [0.29, 0.717) is 6.61 Å². The summed E-state index contributed by atoms with van der Waals surface area (Å²) in [4.78, 5) is 2.55. The van der Waals surface area contributed by atoms with Gasteiger partial charge in [-0.2, -0.15) is 0 Å². The van der Waals surface area contributed by atoms with Crippen molar-refractivity contribution < 1.29 is 9.47 Å². The van der Waals surface area contributed by atoms with Crippen molar-refractivity contribution in [3.05, 3.63) is 24.3 Å². The number of rotatable bonds is 7. The minimum atomic E-state index is 0.693. The highest BCUT2D eigenvalue weighted by Crippen LogP contribution is 2.19. The van der Waals surface area contributed by atoms with Gasteiger partial charge in [-0.05, 0) is 51.4 Å². The highest BCUT2D eigenvalue weighted by atomic mass is 16.5. The molecule has 1 aliphatic heterocycles. The predicted octanol–water partition coefficient (Wildman–Crippen LogP) is 3.34. The zero-order valence-electron chi connectivity index (χ0n) is 11.9. The third kappa shape index (κ3) is 5.11. The summed E-state index contributed by atoms with van der Waals surface area (Å²) in [7, 11) is 0. The van der Waals surface area contributed by atoms with Gasteiger partial charge in [-0.1, -0.05) is 12.5 Å². The van der Waals surface area contributed by atoms with E-state index in [1.54, 1.807) is 0 Å². The molecule has 0 bridgehead atoms. The Hall–Kier alpha value is -1.22. The van der Waals surface area contributed by atoms with Crippen LogP contribution < -0.4 is 9.47 Å². The first kappa shape index (κ1) is 14.2. The average Bonchev–Trinajstić information content (AvgIpc) is 2.46. The number of piperidine rings is 1. The molecule has 0 saturated carbocycles. The third-order valence-corrected chi connectivity index (χ3v) is 3.45. The number of likely N-dealkylation sites (tertiary alicyclic amines) is 1. The molecule has 0 atom stereocenters. The molecule has 3 nitrogen and oxygen atoms in total. The van der Waals surface area contributed by atoms with Gasteiger partial charge in [-0.3, -0.25) is 0 Å². The Kier molecular flexibility index (Phi) is 6.02. The quantitative estimate of drug-likeness (QED) is 0.704. The average molecular weight is 263 g/mol. The van der Waals surface area contributed by atoms with E-state index in [9.17, 15) is 0 Å². The summed E-state index contributed by atoms with van der Waals surface area (Å²) in [6.45, 7) is 7.15. The molecule has 1 aromatic carbocycles. The summed E-state index contributed by atoms with van der Waals surface area (Å²) in [6, 6.07) is 7.89. The second-order valence-corrected chi connectivity index (χ2v) is 5.01. The summed E-state index contributed by atoms with van der Waals surface area (Å²) in [5, 5.41) is 0. The van der Waals surface area contributed by atoms with Crippen LogP contribution in [0.3, 0.4) is 0 Å². The fraction of sp³-hybridized carbons (Fsp3) is 0.625. The molecule has 0 aliphatic carbocycles. The van der Waals surface area contributed by atoms with Gasteiger partial charge >= 0.3 is 0 Å². The Balaban J connectivity index is 1.65. The van der Waals surface area contributed by atoms with Crippen molar-refractivity contribution >= 4 is 0 Å². The molecule has 19 heavy (non-hydrogen) atoms. The molecule has 0 aromatic heterocycles. The van der Waals surface area contributed by atoms with Crippen LogP contribution in [0.15, 0.2) is 24.3 Å². The van der Waals surface area contributed by atoms with Crippen molar-refractivity contribution in [2.45, 2.75) is 32.6 Å². The van der Waals surface area contributed by atoms with Crippen LogP contribution >= 0.6 is 0 Å². The summed E-state index contributed by atoms with van der Waals surface area (Å²) in [6.07, 6.45) is 5.21. The van der Waals surface area contributed by atoms with Crippen LogP contribution in [0, 0.1) is 0 Å². The molecule has 0 radical (unpaired) electrons. The number of hydrogen-bond donors (Lipinski definition) is 0. The molecule has 0 amide bonds. The maximum atomic E-state index is 5.78. The van der Waals surface area contributed by atoms with Crippen LogP contribution in [0.1, 0.15) is 32.6 Å². The monoisotopic (exact) mass is 263 g/mol. The van der Waals surface area contributed by atoms with Crippen molar-refractivity contribution in [1.82, 2.24) is 4.90 Å². The van der Waals surface area contributed by atoms with Crippen LogP contribution in [0.5, 0.6) is 11.5 Å². The standard InChI is InChI=1S/C16H25NO2/c1-2-18-15-8-6-9-16(14-15)19-13-7-12-17-10-4-3-5-11-17/h6,8-9,14H,2-5,7,10-13H2,1H3. The van der Waals surface area contributed by atoms with Gasteiger partial charge in [0.25, 0.3) is 0 Å². The van der Waals surface area contributed by atoms with E-state index in [4.69, 9.17) is 9.47 Å². The topological polar surface area (TPSA) is 21.7 Å². The summed E-state index contributed by atoms with van der Waals surface area (Å²) < 4.78 is 11.2. The van der Waals surface area contributed by atoms with Crippen molar-refractivity contribution in [3.8, 4) is 11.5 Å². The van der Waals surface area contributed by atoms with Gasteiger partial charge < -0.3 is 14.4 Å². The number of benzene rings is 1. The van der Waals surface area contributed by atoms with Crippen LogP contribution in [-0.4, -0.2) is 37.7 Å². The minimum Gasteiger partial charge on any atom is -0.494 e. The number of nitrogens with zero attached hydrogens (tertiary/aromatic N) is 1. The van der Waals surface area contributed by atoms with Crippen molar-refractivity contribution in [2.75, 3.05) is 32.8 Å². The van der Waals surface area contributed by atoms with E-state index in [1.807, 2.05) is 31.2 Å². The summed E-state index contributed by atoms with van der Waals surface area (Å²) in [5.41, 5.74) is 0. The van der Waals surface area contributed by atoms with Gasteiger partial charge in [-0.25, -0.2) is 0 Å². The molecule has 1 aliphatic rings. The maximum Gasteiger partial charge on any atom is 0.122 e. The molecule has 0 spiro atoms. The highest BCUT2D eigenvalue weighted by Gasteiger charge is 2.09. The first-order chi connectivity index (χ1) is 9.38. The largest absolute Gasteiger partial charge is 0.494 e. The second-order valence-electron chi connectivity index (χ2n) is 5.01. The lowest BCUT2D eigenvalue weighted by Gasteiger charge is -2.26. The first-order valence-electron chi connectivity index (χ1n) is 7.46. The maximum absolute atomic E-state index is 5.78. The molecular formula is C16H25NO2. The highest BCUT2D eigenvalue weighted by molar-refractivity contribution is 5.32. The first-order valence-corrected chi connectivity index (χ1v) is 7.46. The molecule has 106 valence electrons. The molecule has 3 heteroatoms. The Morgan fingerprint density at radius 2 is 1.79 bits per heavy atom. The van der Waals surface area contributed by atoms with E-state index in [-0.39, 0.29) is 0 Å². The van der Waals surface area contributed by atoms with Crippen LogP contribution in [0.4, 0.5) is 0 Å². The molecule has 2 rings (SSSR count). The van der Waals surface area contributed by atoms with E-state index in [2.05, 4.69) is 4.90 Å². The zero-order valence-corrected chi connectivity index (χ0v) is 11.9. The Morgan fingerprint density at radius 3 is 2.53 bits per heavy atom. The zero-order chi connectivity index (χ0) is 13.3. The van der Waals surface area contributed by atoms with Gasteiger partial charge in [0.15, 0.2) is 0 Å². The SMILES string of the molecule is CCOc1cccc(OCCCN2CCCCC2)c1. The third-order valence-electron chi connectivity index (χ3n) is 3.45. The van der Waals surface area contributed by atoms with Gasteiger partial charge in [0.1, 0.15) is 11.5 Å². The van der Waals surface area contributed by atoms with E-state index >= 15 is 0 Å². The lowest BCUT2D eigenvalue weighted by molar-refractivity contribution is 0.204. The van der Waals surface area contributed by atoms with Gasteiger partial charge in [0.2, 0.25) is 0 Å². The Morgan fingerprint density at radius 1 is 1.05 bits per heavy atom. The second kappa shape index (κ2) is 8.05. The summed E-state index contributed by atoms with van der Waals surface area (Å²) >= 11 is 0. The molecule has 1 aromatic rings. The fourth-order valence-corrected chi connectivity index (χ4v) is 2.48. The predicted molar refractivity (Wildman–Crippen MR) is 78.0 cm³/mol. The fourth-order valence-electron chi connectivity index (χ4n) is 2.48. The van der Waals surface area contributed by atoms with Crippen molar-refractivity contribution in [2.24, 2.45) is 0 Å². The van der Waals surface area contributed by atoms with Crippen LogP contribution in [0.25, 0.3) is 0 Å². The summed E-state index contributed by atoms with van der Waals surface area (Å²) in [5.74, 6) is 1.79. The van der Waals surface area contributed by atoms with Crippen LogP contribution in [-0.2, 0) is 0 Å².